The summed E-state index contributed by atoms with van der Waals surface area (Å²) in [7, 11) is 1.13. The van der Waals surface area contributed by atoms with Gasteiger partial charge in [-0.3, -0.25) is 4.84 Å². The number of rotatable bonds is 3. The minimum absolute atomic E-state index is 0.382. The molecule has 0 radical (unpaired) electrons. The Bertz CT molecular complexity index is 344. The van der Waals surface area contributed by atoms with Gasteiger partial charge < -0.3 is 4.74 Å². The van der Waals surface area contributed by atoms with Gasteiger partial charge in [0.2, 0.25) is 0 Å². The highest BCUT2D eigenvalue weighted by Gasteiger charge is 2.19. The van der Waals surface area contributed by atoms with E-state index in [2.05, 4.69) is 15.5 Å². The first-order valence-electron chi connectivity index (χ1n) is 3.63. The van der Waals surface area contributed by atoms with Gasteiger partial charge in [-0.1, -0.05) is 0 Å². The molecule has 0 amide bonds. The van der Waals surface area contributed by atoms with Gasteiger partial charge in [0.1, 0.15) is 0 Å². The van der Waals surface area contributed by atoms with Crippen molar-refractivity contribution >= 4 is 0 Å². The summed E-state index contributed by atoms with van der Waals surface area (Å²) in [6.07, 6.45) is 0. The molecule has 14 heavy (non-hydrogen) atoms. The summed E-state index contributed by atoms with van der Waals surface area (Å²) in [6, 6.07) is 0.397. The largest absolute Gasteiger partial charge is 0.493 e. The van der Waals surface area contributed by atoms with Gasteiger partial charge in [-0.2, -0.15) is 0 Å². The number of hydrogen-bond donors (Lipinski definition) is 1. The molecule has 6 heteroatoms. The van der Waals surface area contributed by atoms with Crippen LogP contribution in [0.4, 0.5) is 13.2 Å². The van der Waals surface area contributed by atoms with Crippen LogP contribution < -0.4 is 10.6 Å². The Morgan fingerprint density at radius 3 is 2.43 bits per heavy atom. The Morgan fingerprint density at radius 2 is 1.93 bits per heavy atom. The molecule has 3 nitrogen and oxygen atoms in total. The quantitative estimate of drug-likeness (QED) is 0.603. The van der Waals surface area contributed by atoms with Crippen molar-refractivity contribution in [2.75, 3.05) is 7.11 Å². The highest BCUT2D eigenvalue weighted by atomic mass is 19.2. The van der Waals surface area contributed by atoms with Gasteiger partial charge in [-0.15, -0.1) is 0 Å². The summed E-state index contributed by atoms with van der Waals surface area (Å²) < 4.78 is 43.3. The van der Waals surface area contributed by atoms with Gasteiger partial charge >= 0.3 is 0 Å². The van der Waals surface area contributed by atoms with E-state index in [1.807, 2.05) is 0 Å². The van der Waals surface area contributed by atoms with Gasteiger partial charge in [0, 0.05) is 6.07 Å². The summed E-state index contributed by atoms with van der Waals surface area (Å²) in [4.78, 5) is 4.11. The van der Waals surface area contributed by atoms with Gasteiger partial charge in [-0.25, -0.2) is 19.1 Å². The Labute approximate surface area is 78.2 Å². The van der Waals surface area contributed by atoms with E-state index in [0.717, 1.165) is 7.11 Å². The van der Waals surface area contributed by atoms with Gasteiger partial charge in [-0.05, 0) is 0 Å². The third kappa shape index (κ3) is 1.80. The van der Waals surface area contributed by atoms with Crippen LogP contribution in [0.2, 0.25) is 0 Å². The van der Waals surface area contributed by atoms with Crippen LogP contribution in [-0.4, -0.2) is 7.11 Å². The molecule has 0 atom stereocenters. The monoisotopic (exact) mass is 207 g/mol. The van der Waals surface area contributed by atoms with E-state index in [-0.39, 0.29) is 5.56 Å². The second-order valence-corrected chi connectivity index (χ2v) is 2.48. The Kier molecular flexibility index (Phi) is 3.32. The maximum Gasteiger partial charge on any atom is 0.168 e. The maximum atomic E-state index is 13.1. The van der Waals surface area contributed by atoms with Crippen LogP contribution in [0.15, 0.2) is 6.07 Å². The van der Waals surface area contributed by atoms with Crippen LogP contribution >= 0.6 is 0 Å². The Balaban J connectivity index is 3.32. The lowest BCUT2D eigenvalue weighted by Crippen LogP contribution is -2.07. The summed E-state index contributed by atoms with van der Waals surface area (Å²) in [6.45, 7) is -0.469. The number of methoxy groups -OCH3 is 1. The fraction of sp³-hybridized carbons (Fsp3) is 0.250. The molecule has 0 aliphatic heterocycles. The molecule has 0 saturated carbocycles. The molecule has 0 aromatic heterocycles. The molecule has 0 aliphatic rings. The zero-order valence-corrected chi connectivity index (χ0v) is 7.31. The molecule has 1 aromatic carbocycles. The van der Waals surface area contributed by atoms with Crippen molar-refractivity contribution < 1.29 is 22.7 Å². The van der Waals surface area contributed by atoms with E-state index in [4.69, 9.17) is 0 Å². The lowest BCUT2D eigenvalue weighted by atomic mass is 10.2. The second kappa shape index (κ2) is 4.30. The fourth-order valence-electron chi connectivity index (χ4n) is 1.06. The molecule has 1 aromatic rings. The predicted octanol–water partition coefficient (Wildman–Crippen LogP) is 1.50. The van der Waals surface area contributed by atoms with E-state index < -0.39 is 29.8 Å². The molecule has 0 heterocycles. The highest BCUT2D eigenvalue weighted by molar-refractivity contribution is 5.36. The zero-order valence-electron chi connectivity index (χ0n) is 7.31. The van der Waals surface area contributed by atoms with Crippen LogP contribution in [0.25, 0.3) is 0 Å². The number of ether oxygens (including phenoxy) is 1. The fourth-order valence-corrected chi connectivity index (χ4v) is 1.06. The predicted molar refractivity (Wildman–Crippen MR) is 41.8 cm³/mol. The molecule has 78 valence electrons. The summed E-state index contributed by atoms with van der Waals surface area (Å²) in [5.74, 6) is 0.739. The van der Waals surface area contributed by atoms with E-state index in [1.165, 1.54) is 0 Å². The van der Waals surface area contributed by atoms with Crippen molar-refractivity contribution in [2.45, 2.75) is 6.61 Å². The Hall–Kier alpha value is -1.27. The molecular weight excluding hydrogens is 199 g/mol. The van der Waals surface area contributed by atoms with Crippen LogP contribution in [0.3, 0.4) is 0 Å². The van der Waals surface area contributed by atoms with E-state index in [1.54, 1.807) is 0 Å². The van der Waals surface area contributed by atoms with Crippen molar-refractivity contribution in [1.82, 2.24) is 0 Å². The number of halogens is 3. The standard InChI is InChI=1S/C8H8F3NO2/c1-13-8-4(3-14-12)7(11)5(9)2-6(8)10/h2H,3,12H2,1H3. The highest BCUT2D eigenvalue weighted by Crippen LogP contribution is 2.27. The molecule has 0 unspecified atom stereocenters. The van der Waals surface area contributed by atoms with Crippen LogP contribution in [-0.2, 0) is 11.4 Å². The third-order valence-electron chi connectivity index (χ3n) is 1.65. The molecule has 1 rings (SSSR count). The Morgan fingerprint density at radius 1 is 1.29 bits per heavy atom. The van der Waals surface area contributed by atoms with E-state index >= 15 is 0 Å². The van der Waals surface area contributed by atoms with Crippen molar-refractivity contribution in [3.8, 4) is 5.75 Å². The summed E-state index contributed by atoms with van der Waals surface area (Å²) in [5.41, 5.74) is -0.382. The lowest BCUT2D eigenvalue weighted by molar-refractivity contribution is 0.118. The first kappa shape index (κ1) is 10.8. The SMILES string of the molecule is COc1c(F)cc(F)c(F)c1CON. The topological polar surface area (TPSA) is 44.5 Å². The number of hydrogen-bond acceptors (Lipinski definition) is 3. The van der Waals surface area contributed by atoms with Crippen molar-refractivity contribution in [3.05, 3.63) is 29.1 Å². The smallest absolute Gasteiger partial charge is 0.168 e. The molecule has 0 spiro atoms. The van der Waals surface area contributed by atoms with Crippen molar-refractivity contribution in [2.24, 2.45) is 5.90 Å². The number of nitrogens with two attached hydrogens (primary N) is 1. The number of benzene rings is 1. The zero-order chi connectivity index (χ0) is 10.7. The lowest BCUT2D eigenvalue weighted by Gasteiger charge is -2.09. The average Bonchev–Trinajstić information content (AvgIpc) is 2.14. The summed E-state index contributed by atoms with van der Waals surface area (Å²) >= 11 is 0. The third-order valence-corrected chi connectivity index (χ3v) is 1.65. The minimum atomic E-state index is -1.31. The van der Waals surface area contributed by atoms with Crippen LogP contribution in [0, 0.1) is 17.5 Å². The van der Waals surface area contributed by atoms with Crippen molar-refractivity contribution in [1.29, 1.82) is 0 Å². The minimum Gasteiger partial charge on any atom is -0.493 e. The molecule has 0 aliphatic carbocycles. The van der Waals surface area contributed by atoms with Crippen LogP contribution in [0.1, 0.15) is 5.56 Å². The van der Waals surface area contributed by atoms with Gasteiger partial charge in [0.25, 0.3) is 0 Å². The molecule has 0 fully saturated rings. The van der Waals surface area contributed by atoms with Gasteiger partial charge in [0.05, 0.1) is 19.3 Å². The first-order chi connectivity index (χ1) is 6.61. The van der Waals surface area contributed by atoms with E-state index in [0.29, 0.717) is 6.07 Å². The second-order valence-electron chi connectivity index (χ2n) is 2.48. The molecule has 0 bridgehead atoms. The first-order valence-corrected chi connectivity index (χ1v) is 3.63. The van der Waals surface area contributed by atoms with Crippen molar-refractivity contribution in [3.63, 3.8) is 0 Å². The van der Waals surface area contributed by atoms with Gasteiger partial charge in [0.15, 0.2) is 23.2 Å². The normalized spacial score (nSPS) is 10.4. The average molecular weight is 207 g/mol. The molecule has 0 saturated heterocycles. The summed E-state index contributed by atoms with van der Waals surface area (Å²) in [5, 5.41) is 0. The van der Waals surface area contributed by atoms with Crippen LogP contribution in [0.5, 0.6) is 5.75 Å². The molecule has 2 N–H and O–H groups in total. The molecular formula is C8H8F3NO2. The van der Waals surface area contributed by atoms with E-state index in [9.17, 15) is 13.2 Å². The maximum absolute atomic E-state index is 13.1.